The summed E-state index contributed by atoms with van der Waals surface area (Å²) in [7, 11) is 0. The highest BCUT2D eigenvalue weighted by Crippen LogP contribution is 2.31. The summed E-state index contributed by atoms with van der Waals surface area (Å²) in [6.45, 7) is 3.62. The van der Waals surface area contributed by atoms with E-state index < -0.39 is 0 Å². The summed E-state index contributed by atoms with van der Waals surface area (Å²) in [4.78, 5) is 12.1. The van der Waals surface area contributed by atoms with E-state index in [4.69, 9.17) is 0 Å². The molecule has 2 aromatic rings. The lowest BCUT2D eigenvalue weighted by molar-refractivity contribution is -0.121. The topological polar surface area (TPSA) is 66.9 Å². The van der Waals surface area contributed by atoms with E-state index in [0.717, 1.165) is 28.9 Å². The summed E-state index contributed by atoms with van der Waals surface area (Å²) in [6.07, 6.45) is 0. The highest BCUT2D eigenvalue weighted by molar-refractivity contribution is 9.10. The van der Waals surface area contributed by atoms with Crippen LogP contribution in [0.2, 0.25) is 0 Å². The van der Waals surface area contributed by atoms with Gasteiger partial charge in [0, 0.05) is 16.0 Å². The largest absolute Gasteiger partial charge is 0.316 e. The number of aromatic nitrogens is 2. The molecule has 0 bridgehead atoms. The third-order valence-electron chi connectivity index (χ3n) is 3.75. The van der Waals surface area contributed by atoms with Crippen LogP contribution in [-0.4, -0.2) is 29.2 Å². The second kappa shape index (κ2) is 7.65. The average Bonchev–Trinajstić information content (AvgIpc) is 2.87. The molecular weight excluding hydrogens is 407 g/mol. The zero-order chi connectivity index (χ0) is 15.7. The van der Waals surface area contributed by atoms with Gasteiger partial charge in [0.25, 0.3) is 0 Å². The van der Waals surface area contributed by atoms with Crippen molar-refractivity contribution in [2.45, 2.75) is 6.92 Å². The van der Waals surface area contributed by atoms with Crippen LogP contribution in [0.4, 0.5) is 9.52 Å². The monoisotopic (exact) mass is 420 g/mol. The summed E-state index contributed by atoms with van der Waals surface area (Å²) in [5.74, 6) is -0.179. The maximum atomic E-state index is 13.8. The molecule has 0 spiro atoms. The second-order valence-corrected chi connectivity index (χ2v) is 7.13. The Balaban J connectivity index is 0.00000192. The van der Waals surface area contributed by atoms with Gasteiger partial charge in [-0.25, -0.2) is 4.39 Å². The van der Waals surface area contributed by atoms with Crippen molar-refractivity contribution in [2.75, 3.05) is 18.4 Å². The first-order chi connectivity index (χ1) is 10.5. The summed E-state index contributed by atoms with van der Waals surface area (Å²) >= 11 is 4.47. The van der Waals surface area contributed by atoms with Crippen LogP contribution in [0.15, 0.2) is 22.7 Å². The molecule has 1 saturated heterocycles. The van der Waals surface area contributed by atoms with E-state index in [0.29, 0.717) is 21.6 Å². The van der Waals surface area contributed by atoms with Gasteiger partial charge in [-0.15, -0.1) is 22.6 Å². The summed E-state index contributed by atoms with van der Waals surface area (Å²) in [5.41, 5.74) is 0.364. The first-order valence-corrected chi connectivity index (χ1v) is 8.46. The van der Waals surface area contributed by atoms with Gasteiger partial charge in [0.2, 0.25) is 11.0 Å². The fourth-order valence-electron chi connectivity index (χ4n) is 2.14. The number of carbonyl (C=O) groups is 1. The second-order valence-electron chi connectivity index (χ2n) is 5.23. The van der Waals surface area contributed by atoms with Gasteiger partial charge in [-0.2, -0.15) is 0 Å². The van der Waals surface area contributed by atoms with Gasteiger partial charge in [-0.1, -0.05) is 34.2 Å². The normalized spacial score (nSPS) is 15.4. The Morgan fingerprint density at radius 3 is 2.87 bits per heavy atom. The molecule has 0 saturated carbocycles. The Hall–Kier alpha value is -1.09. The summed E-state index contributed by atoms with van der Waals surface area (Å²) in [6, 6.07) is 4.63. The highest BCUT2D eigenvalue weighted by Gasteiger charge is 2.29. The van der Waals surface area contributed by atoms with E-state index in [2.05, 4.69) is 36.8 Å². The average molecular weight is 422 g/mol. The van der Waals surface area contributed by atoms with Crippen LogP contribution >= 0.6 is 39.7 Å². The van der Waals surface area contributed by atoms with E-state index in [1.54, 1.807) is 12.1 Å². The van der Waals surface area contributed by atoms with Crippen molar-refractivity contribution >= 4 is 50.7 Å². The minimum atomic E-state index is -0.369. The SMILES string of the molecule is CC(C(=O)Nc1nnc(-c2cc(Br)ccc2F)s1)C1CNC1.Cl. The fraction of sp³-hybridized carbons (Fsp3) is 0.357. The van der Waals surface area contributed by atoms with Crippen LogP contribution in [0.25, 0.3) is 10.6 Å². The van der Waals surface area contributed by atoms with Gasteiger partial charge >= 0.3 is 0 Å². The molecular formula is C14H15BrClFN4OS. The first kappa shape index (κ1) is 18.3. The molecule has 1 unspecified atom stereocenters. The number of anilines is 1. The molecule has 124 valence electrons. The number of rotatable bonds is 4. The molecule has 2 heterocycles. The zero-order valence-electron chi connectivity index (χ0n) is 12.2. The highest BCUT2D eigenvalue weighted by atomic mass is 79.9. The van der Waals surface area contributed by atoms with Gasteiger partial charge in [0.1, 0.15) is 5.82 Å². The summed E-state index contributed by atoms with van der Waals surface area (Å²) < 4.78 is 14.6. The van der Waals surface area contributed by atoms with Crippen molar-refractivity contribution in [3.8, 4) is 10.6 Å². The molecule has 1 aromatic carbocycles. The lowest BCUT2D eigenvalue weighted by Gasteiger charge is -2.31. The molecule has 1 amide bonds. The molecule has 5 nitrogen and oxygen atoms in total. The Bertz CT molecular complexity index is 710. The molecule has 1 fully saturated rings. The van der Waals surface area contributed by atoms with Gasteiger partial charge in [0.05, 0.1) is 0 Å². The molecule has 0 radical (unpaired) electrons. The van der Waals surface area contributed by atoms with Gasteiger partial charge in [0.15, 0.2) is 5.01 Å². The number of nitrogens with one attached hydrogen (secondary N) is 2. The molecule has 1 aliphatic heterocycles. The maximum absolute atomic E-state index is 13.8. The number of hydrogen-bond donors (Lipinski definition) is 2. The minimum absolute atomic E-state index is 0. The summed E-state index contributed by atoms with van der Waals surface area (Å²) in [5, 5.41) is 14.6. The predicted octanol–water partition coefficient (Wildman–Crippen LogP) is 3.32. The van der Waals surface area contributed by atoms with Crippen molar-refractivity contribution < 1.29 is 9.18 Å². The number of halogens is 3. The quantitative estimate of drug-likeness (QED) is 0.795. The lowest BCUT2D eigenvalue weighted by atomic mass is 9.88. The van der Waals surface area contributed by atoms with Crippen LogP contribution in [0, 0.1) is 17.7 Å². The number of hydrogen-bond acceptors (Lipinski definition) is 5. The zero-order valence-corrected chi connectivity index (χ0v) is 15.4. The standard InChI is InChI=1S/C14H14BrFN4OS.ClH/c1-7(8-5-17-6-8)12(21)18-14-20-19-13(22-14)10-4-9(15)2-3-11(10)16;/h2-4,7-8,17H,5-6H2,1H3,(H,18,20,21);1H. The molecule has 1 aliphatic rings. The molecule has 23 heavy (non-hydrogen) atoms. The molecule has 3 rings (SSSR count). The predicted molar refractivity (Wildman–Crippen MR) is 94.4 cm³/mol. The molecule has 1 atom stereocenters. The van der Waals surface area contributed by atoms with Crippen LogP contribution < -0.4 is 10.6 Å². The van der Waals surface area contributed by atoms with Crippen LogP contribution in [0.1, 0.15) is 6.92 Å². The molecule has 9 heteroatoms. The molecule has 0 aliphatic carbocycles. The third-order valence-corrected chi connectivity index (χ3v) is 5.11. The molecule has 1 aromatic heterocycles. The van der Waals surface area contributed by atoms with Crippen LogP contribution in [-0.2, 0) is 4.79 Å². The van der Waals surface area contributed by atoms with E-state index in [9.17, 15) is 9.18 Å². The number of nitrogens with zero attached hydrogens (tertiary/aromatic N) is 2. The van der Waals surface area contributed by atoms with Crippen LogP contribution in [0.5, 0.6) is 0 Å². The molecule has 2 N–H and O–H groups in total. The van der Waals surface area contributed by atoms with Gasteiger partial charge in [-0.05, 0) is 37.2 Å². The smallest absolute Gasteiger partial charge is 0.229 e. The Morgan fingerprint density at radius 1 is 1.48 bits per heavy atom. The van der Waals surface area contributed by atoms with Crippen molar-refractivity contribution in [2.24, 2.45) is 11.8 Å². The van der Waals surface area contributed by atoms with Crippen molar-refractivity contribution in [1.82, 2.24) is 15.5 Å². The number of benzene rings is 1. The van der Waals surface area contributed by atoms with Gasteiger partial charge < -0.3 is 10.6 Å². The Labute approximate surface area is 151 Å². The van der Waals surface area contributed by atoms with Crippen LogP contribution in [0.3, 0.4) is 0 Å². The minimum Gasteiger partial charge on any atom is -0.316 e. The third kappa shape index (κ3) is 4.06. The van der Waals surface area contributed by atoms with E-state index >= 15 is 0 Å². The van der Waals surface area contributed by atoms with E-state index in [1.807, 2.05) is 6.92 Å². The first-order valence-electron chi connectivity index (χ1n) is 6.85. The lowest BCUT2D eigenvalue weighted by Crippen LogP contribution is -2.48. The fourth-order valence-corrected chi connectivity index (χ4v) is 3.27. The van der Waals surface area contributed by atoms with E-state index in [1.165, 1.54) is 6.07 Å². The number of amides is 1. The van der Waals surface area contributed by atoms with Crippen molar-refractivity contribution in [1.29, 1.82) is 0 Å². The van der Waals surface area contributed by atoms with Gasteiger partial charge in [-0.3, -0.25) is 4.79 Å². The Morgan fingerprint density at radius 2 is 2.22 bits per heavy atom. The Kier molecular flexibility index (Phi) is 6.07. The number of carbonyl (C=O) groups excluding carboxylic acids is 1. The van der Waals surface area contributed by atoms with E-state index in [-0.39, 0.29) is 30.0 Å². The maximum Gasteiger partial charge on any atom is 0.229 e. The van der Waals surface area contributed by atoms with Crippen molar-refractivity contribution in [3.63, 3.8) is 0 Å². The van der Waals surface area contributed by atoms with Crippen molar-refractivity contribution in [3.05, 3.63) is 28.5 Å².